The summed E-state index contributed by atoms with van der Waals surface area (Å²) in [6, 6.07) is 18.8. The van der Waals surface area contributed by atoms with Crippen LogP contribution in [0.2, 0.25) is 0 Å². The molecule has 0 aliphatic carbocycles. The van der Waals surface area contributed by atoms with Crippen LogP contribution in [0.1, 0.15) is 36.5 Å². The largest absolute Gasteiger partial charge is 0.393 e. The molecule has 0 aromatic heterocycles. The lowest BCUT2D eigenvalue weighted by molar-refractivity contribution is -0.130. The van der Waals surface area contributed by atoms with Crippen LogP contribution >= 0.6 is 27.7 Å². The van der Waals surface area contributed by atoms with Crippen molar-refractivity contribution in [3.63, 3.8) is 0 Å². The molecule has 1 aliphatic heterocycles. The number of aliphatic hydroxyl groups excluding tert-OH is 1. The molecule has 2 aromatic carbocycles. The summed E-state index contributed by atoms with van der Waals surface area (Å²) in [5, 5.41) is 10.1. The van der Waals surface area contributed by atoms with Crippen LogP contribution < -0.4 is 0 Å². The Morgan fingerprint density at radius 3 is 2.58 bits per heavy atom. The molecule has 0 spiro atoms. The topological polar surface area (TPSA) is 40.5 Å². The molecule has 1 N–H and O–H groups in total. The van der Waals surface area contributed by atoms with E-state index >= 15 is 0 Å². The van der Waals surface area contributed by atoms with E-state index in [0.29, 0.717) is 31.1 Å². The van der Waals surface area contributed by atoms with Crippen molar-refractivity contribution in [2.75, 3.05) is 13.1 Å². The number of amides is 1. The van der Waals surface area contributed by atoms with Crippen LogP contribution in [0.4, 0.5) is 0 Å². The van der Waals surface area contributed by atoms with E-state index in [2.05, 4.69) is 64.5 Å². The molecule has 3 rings (SSSR count). The number of aliphatic hydroxyl groups is 1. The third-order valence-electron chi connectivity index (χ3n) is 4.70. The highest BCUT2D eigenvalue weighted by atomic mass is 79.9. The molecule has 26 heavy (non-hydrogen) atoms. The fourth-order valence-corrected chi connectivity index (χ4v) is 4.57. The van der Waals surface area contributed by atoms with Gasteiger partial charge in [0.25, 0.3) is 0 Å². The highest BCUT2D eigenvalue weighted by Gasteiger charge is 2.22. The van der Waals surface area contributed by atoms with Crippen LogP contribution in [-0.2, 0) is 4.79 Å². The number of hydrogen-bond acceptors (Lipinski definition) is 3. The van der Waals surface area contributed by atoms with Crippen LogP contribution in [0.3, 0.4) is 0 Å². The second-order valence-corrected chi connectivity index (χ2v) is 8.81. The van der Waals surface area contributed by atoms with Crippen LogP contribution in [0.25, 0.3) is 0 Å². The summed E-state index contributed by atoms with van der Waals surface area (Å²) in [6.45, 7) is 1.39. The second-order valence-electron chi connectivity index (χ2n) is 6.62. The zero-order valence-corrected chi connectivity index (χ0v) is 17.1. The van der Waals surface area contributed by atoms with Gasteiger partial charge in [-0.1, -0.05) is 46.3 Å². The van der Waals surface area contributed by atoms with Gasteiger partial charge in [0.05, 0.1) is 6.10 Å². The zero-order chi connectivity index (χ0) is 18.4. The highest BCUT2D eigenvalue weighted by molar-refractivity contribution is 9.10. The number of thioether (sulfide) groups is 1. The molecule has 138 valence electrons. The maximum Gasteiger partial charge on any atom is 0.222 e. The van der Waals surface area contributed by atoms with Crippen LogP contribution in [-0.4, -0.2) is 35.1 Å². The Labute approximate surface area is 167 Å². The molecule has 0 unspecified atom stereocenters. The number of halogens is 1. The first-order valence-corrected chi connectivity index (χ1v) is 10.7. The van der Waals surface area contributed by atoms with Crippen LogP contribution in [0, 0.1) is 0 Å². The van der Waals surface area contributed by atoms with E-state index in [1.54, 1.807) is 0 Å². The third kappa shape index (κ3) is 5.60. The Balaban J connectivity index is 1.69. The summed E-state index contributed by atoms with van der Waals surface area (Å²) in [5.41, 5.74) is 1.28. The number of rotatable bonds is 6. The monoisotopic (exact) mass is 433 g/mol. The Morgan fingerprint density at radius 1 is 1.12 bits per heavy atom. The van der Waals surface area contributed by atoms with Gasteiger partial charge in [-0.15, -0.1) is 11.8 Å². The van der Waals surface area contributed by atoms with Gasteiger partial charge in [-0.2, -0.15) is 0 Å². The molecule has 3 nitrogen and oxygen atoms in total. The molecule has 1 saturated heterocycles. The molecule has 1 heterocycles. The number of hydrogen-bond donors (Lipinski definition) is 1. The van der Waals surface area contributed by atoms with Gasteiger partial charge in [0.2, 0.25) is 5.91 Å². The van der Waals surface area contributed by atoms with Gasteiger partial charge in [-0.3, -0.25) is 4.79 Å². The summed E-state index contributed by atoms with van der Waals surface area (Å²) in [5.74, 6) is 0.169. The number of nitrogens with zero attached hydrogens (tertiary/aromatic N) is 1. The maximum absolute atomic E-state index is 12.3. The molecular weight excluding hydrogens is 410 g/mol. The van der Waals surface area contributed by atoms with Crippen molar-refractivity contribution in [1.29, 1.82) is 0 Å². The average molecular weight is 434 g/mol. The highest BCUT2D eigenvalue weighted by Crippen LogP contribution is 2.38. The first-order valence-electron chi connectivity index (χ1n) is 9.05. The lowest BCUT2D eigenvalue weighted by atomic mass is 10.1. The summed E-state index contributed by atoms with van der Waals surface area (Å²) in [6.07, 6.45) is 2.28. The quantitative estimate of drug-likeness (QED) is 0.648. The standard InChI is InChI=1S/C21H24BrNO2S/c22-17-6-9-19(10-7-17)26-20(16-4-2-1-3-5-16)13-15-23-14-12-18(24)8-11-21(23)25/h1-7,9-10,18,20,24H,8,11-15H2/t18-,20+/m1/s1. The predicted molar refractivity (Wildman–Crippen MR) is 110 cm³/mol. The molecule has 0 radical (unpaired) electrons. The Kier molecular flexibility index (Phi) is 7.17. The average Bonchev–Trinajstić information content (AvgIpc) is 2.82. The number of benzene rings is 2. The second kappa shape index (κ2) is 9.58. The summed E-state index contributed by atoms with van der Waals surface area (Å²) >= 11 is 5.32. The molecule has 2 atom stereocenters. The van der Waals surface area contributed by atoms with Crippen LogP contribution in [0.5, 0.6) is 0 Å². The molecule has 1 aliphatic rings. The van der Waals surface area contributed by atoms with E-state index in [0.717, 1.165) is 17.4 Å². The Hall–Kier alpha value is -1.30. The fourth-order valence-electron chi connectivity index (χ4n) is 3.17. The van der Waals surface area contributed by atoms with Crippen LogP contribution in [0.15, 0.2) is 64.0 Å². The van der Waals surface area contributed by atoms with Crippen molar-refractivity contribution in [1.82, 2.24) is 4.90 Å². The number of carbonyl (C=O) groups is 1. The van der Waals surface area contributed by atoms with Gasteiger partial charge in [0.15, 0.2) is 0 Å². The van der Waals surface area contributed by atoms with Crippen molar-refractivity contribution in [3.05, 3.63) is 64.6 Å². The van der Waals surface area contributed by atoms with Crippen molar-refractivity contribution in [2.45, 2.75) is 41.9 Å². The van der Waals surface area contributed by atoms with Crippen molar-refractivity contribution in [2.24, 2.45) is 0 Å². The molecule has 2 aromatic rings. The SMILES string of the molecule is O=C1CC[C@@H](O)CCN1CC[C@H](Sc1ccc(Br)cc1)c1ccccc1. The van der Waals surface area contributed by atoms with Gasteiger partial charge in [0.1, 0.15) is 0 Å². The minimum atomic E-state index is -0.342. The number of carbonyl (C=O) groups excluding carboxylic acids is 1. The lowest BCUT2D eigenvalue weighted by Crippen LogP contribution is -2.32. The molecule has 1 fully saturated rings. The van der Waals surface area contributed by atoms with E-state index in [4.69, 9.17) is 0 Å². The molecule has 1 amide bonds. The van der Waals surface area contributed by atoms with Gasteiger partial charge >= 0.3 is 0 Å². The first kappa shape index (κ1) is 19.5. The van der Waals surface area contributed by atoms with Gasteiger partial charge in [-0.05, 0) is 49.1 Å². The van der Waals surface area contributed by atoms with Crippen molar-refractivity contribution >= 4 is 33.6 Å². The minimum Gasteiger partial charge on any atom is -0.393 e. The van der Waals surface area contributed by atoms with E-state index in [9.17, 15) is 9.90 Å². The van der Waals surface area contributed by atoms with E-state index in [1.165, 1.54) is 10.5 Å². The zero-order valence-electron chi connectivity index (χ0n) is 14.7. The Morgan fingerprint density at radius 2 is 1.85 bits per heavy atom. The molecule has 0 bridgehead atoms. The normalized spacial score (nSPS) is 19.2. The molecule has 5 heteroatoms. The number of likely N-dealkylation sites (tertiary alicyclic amines) is 1. The lowest BCUT2D eigenvalue weighted by Gasteiger charge is -2.24. The van der Waals surface area contributed by atoms with Gasteiger partial charge in [-0.25, -0.2) is 0 Å². The molecule has 0 saturated carbocycles. The minimum absolute atomic E-state index is 0.169. The summed E-state index contributed by atoms with van der Waals surface area (Å²) < 4.78 is 1.08. The first-order chi connectivity index (χ1) is 12.6. The van der Waals surface area contributed by atoms with Gasteiger partial charge in [0, 0.05) is 34.1 Å². The summed E-state index contributed by atoms with van der Waals surface area (Å²) in [7, 11) is 0. The smallest absolute Gasteiger partial charge is 0.222 e. The molecular formula is C21H24BrNO2S. The van der Waals surface area contributed by atoms with Crippen molar-refractivity contribution in [3.8, 4) is 0 Å². The van der Waals surface area contributed by atoms with E-state index < -0.39 is 0 Å². The fraction of sp³-hybridized carbons (Fsp3) is 0.381. The maximum atomic E-state index is 12.3. The van der Waals surface area contributed by atoms with E-state index in [-0.39, 0.29) is 12.0 Å². The Bertz CT molecular complexity index is 708. The third-order valence-corrected chi connectivity index (χ3v) is 6.57. The van der Waals surface area contributed by atoms with Gasteiger partial charge < -0.3 is 10.0 Å². The predicted octanol–water partition coefficient (Wildman–Crippen LogP) is 5.05. The van der Waals surface area contributed by atoms with E-state index in [1.807, 2.05) is 22.7 Å². The van der Waals surface area contributed by atoms with Crippen molar-refractivity contribution < 1.29 is 9.90 Å². The summed E-state index contributed by atoms with van der Waals surface area (Å²) in [4.78, 5) is 15.5.